The molecule has 88 valence electrons. The first-order valence-electron chi connectivity index (χ1n) is 5.85. The second-order valence-corrected chi connectivity index (χ2v) is 6.05. The molecule has 2 nitrogen and oxygen atoms in total. The highest BCUT2D eigenvalue weighted by Crippen LogP contribution is 2.30. The largest absolute Gasteiger partial charge is 0.344 e. The highest BCUT2D eigenvalue weighted by atomic mass is 31.1. The fourth-order valence-electron chi connectivity index (χ4n) is 1.93. The molecule has 3 heteroatoms. The Kier molecular flexibility index (Phi) is 3.20. The summed E-state index contributed by atoms with van der Waals surface area (Å²) in [5.74, 6) is 0. The van der Waals surface area contributed by atoms with E-state index in [2.05, 4.69) is 58.5 Å². The van der Waals surface area contributed by atoms with Crippen LogP contribution in [0, 0.1) is 0 Å². The summed E-state index contributed by atoms with van der Waals surface area (Å²) in [6.45, 7) is 0. The Morgan fingerprint density at radius 1 is 0.778 bits per heavy atom. The van der Waals surface area contributed by atoms with Crippen LogP contribution < -0.4 is 16.2 Å². The summed E-state index contributed by atoms with van der Waals surface area (Å²) in [5, 5.41) is 2.63. The van der Waals surface area contributed by atoms with Crippen LogP contribution in [-0.4, -0.2) is 9.97 Å². The Labute approximate surface area is 107 Å². The number of aromatic nitrogens is 2. The summed E-state index contributed by atoms with van der Waals surface area (Å²) < 4.78 is 0. The first-order valence-corrected chi connectivity index (χ1v) is 7.19. The van der Waals surface area contributed by atoms with Gasteiger partial charge in [0.2, 0.25) is 0 Å². The zero-order valence-electron chi connectivity index (χ0n) is 9.82. The first kappa shape index (κ1) is 11.2. The van der Waals surface area contributed by atoms with Crippen molar-refractivity contribution in [2.24, 2.45) is 0 Å². The molecule has 3 aromatic rings. The van der Waals surface area contributed by atoms with Crippen molar-refractivity contribution in [3.05, 3.63) is 73.1 Å². The lowest BCUT2D eigenvalue weighted by Gasteiger charge is -2.15. The van der Waals surface area contributed by atoms with Crippen LogP contribution >= 0.6 is 7.92 Å². The van der Waals surface area contributed by atoms with E-state index in [1.807, 2.05) is 24.5 Å². The van der Waals surface area contributed by atoms with Gasteiger partial charge in [-0.25, -0.2) is 4.98 Å². The van der Waals surface area contributed by atoms with E-state index in [9.17, 15) is 0 Å². The molecule has 0 amide bonds. The Hall–Kier alpha value is -1.92. The zero-order chi connectivity index (χ0) is 12.2. The monoisotopic (exact) mass is 252 g/mol. The molecular formula is C15H13N2P. The van der Waals surface area contributed by atoms with Crippen molar-refractivity contribution in [3.63, 3.8) is 0 Å². The van der Waals surface area contributed by atoms with Gasteiger partial charge in [0, 0.05) is 20.3 Å². The second kappa shape index (κ2) is 5.16. The number of hydrogen-bond acceptors (Lipinski definition) is 1. The van der Waals surface area contributed by atoms with E-state index in [1.165, 1.54) is 10.6 Å². The lowest BCUT2D eigenvalue weighted by atomic mass is 10.4. The molecule has 3 rings (SSSR count). The molecule has 0 aliphatic rings. The summed E-state index contributed by atoms with van der Waals surface area (Å²) in [7, 11) is -0.576. The third-order valence-electron chi connectivity index (χ3n) is 2.72. The number of benzene rings is 2. The average Bonchev–Trinajstić information content (AvgIpc) is 2.95. The van der Waals surface area contributed by atoms with Crippen LogP contribution in [0.15, 0.2) is 73.1 Å². The van der Waals surface area contributed by atoms with Gasteiger partial charge < -0.3 is 4.98 Å². The van der Waals surface area contributed by atoms with Crippen molar-refractivity contribution in [2.45, 2.75) is 0 Å². The number of rotatable bonds is 3. The highest BCUT2D eigenvalue weighted by Gasteiger charge is 2.17. The van der Waals surface area contributed by atoms with E-state index in [0.29, 0.717) is 0 Å². The van der Waals surface area contributed by atoms with Gasteiger partial charge in [0.25, 0.3) is 0 Å². The van der Waals surface area contributed by atoms with Gasteiger partial charge in [-0.1, -0.05) is 60.7 Å². The smallest absolute Gasteiger partial charge is 0.137 e. The van der Waals surface area contributed by atoms with Crippen molar-refractivity contribution in [2.75, 3.05) is 0 Å². The summed E-state index contributed by atoms with van der Waals surface area (Å²) in [6.07, 6.45) is 3.70. The Morgan fingerprint density at radius 3 is 1.78 bits per heavy atom. The van der Waals surface area contributed by atoms with Gasteiger partial charge >= 0.3 is 0 Å². The topological polar surface area (TPSA) is 28.7 Å². The lowest BCUT2D eigenvalue weighted by Crippen LogP contribution is -2.22. The first-order chi connectivity index (χ1) is 8.95. The Bertz CT molecular complexity index is 551. The maximum Gasteiger partial charge on any atom is 0.137 e. The summed E-state index contributed by atoms with van der Waals surface area (Å²) >= 11 is 0. The van der Waals surface area contributed by atoms with Gasteiger partial charge in [-0.05, 0) is 10.6 Å². The summed E-state index contributed by atoms with van der Waals surface area (Å²) in [6, 6.07) is 21.1. The SMILES string of the molecule is c1ccc(P(c2ccccc2)c2ncc[nH]2)cc1. The normalized spacial score (nSPS) is 10.7. The van der Waals surface area contributed by atoms with Gasteiger partial charge in [0.15, 0.2) is 0 Å². The van der Waals surface area contributed by atoms with Crippen LogP contribution in [0.25, 0.3) is 0 Å². The molecule has 1 aromatic heterocycles. The van der Waals surface area contributed by atoms with Crippen LogP contribution in [0.4, 0.5) is 0 Å². The van der Waals surface area contributed by atoms with Gasteiger partial charge in [-0.15, -0.1) is 0 Å². The van der Waals surface area contributed by atoms with Crippen molar-refractivity contribution >= 4 is 24.1 Å². The van der Waals surface area contributed by atoms with Crippen molar-refractivity contribution < 1.29 is 0 Å². The lowest BCUT2D eigenvalue weighted by molar-refractivity contribution is 1.41. The van der Waals surface area contributed by atoms with Crippen LogP contribution in [0.2, 0.25) is 0 Å². The fraction of sp³-hybridized carbons (Fsp3) is 0. The van der Waals surface area contributed by atoms with E-state index in [1.54, 1.807) is 0 Å². The quantitative estimate of drug-likeness (QED) is 0.711. The third kappa shape index (κ3) is 2.20. The predicted octanol–water partition coefficient (Wildman–Crippen LogP) is 2.17. The number of imidazole rings is 1. The number of nitrogens with one attached hydrogen (secondary N) is 1. The zero-order valence-corrected chi connectivity index (χ0v) is 10.7. The van der Waals surface area contributed by atoms with E-state index in [-0.39, 0.29) is 0 Å². The van der Waals surface area contributed by atoms with Gasteiger partial charge in [0.05, 0.1) is 0 Å². The minimum absolute atomic E-state index is 0.576. The molecule has 18 heavy (non-hydrogen) atoms. The standard InChI is InChI=1S/C15H13N2P/c1-3-7-13(8-4-1)18(15-16-11-12-17-15)14-9-5-2-6-10-14/h1-12H,(H,16,17). The van der Waals surface area contributed by atoms with Gasteiger partial charge in [-0.2, -0.15) is 0 Å². The van der Waals surface area contributed by atoms with Gasteiger partial charge in [-0.3, -0.25) is 0 Å². The van der Waals surface area contributed by atoms with E-state index in [0.717, 1.165) is 5.57 Å². The van der Waals surface area contributed by atoms with E-state index < -0.39 is 7.92 Å². The van der Waals surface area contributed by atoms with Gasteiger partial charge in [0.1, 0.15) is 5.57 Å². The van der Waals surface area contributed by atoms with Crippen LogP contribution in [0.5, 0.6) is 0 Å². The van der Waals surface area contributed by atoms with E-state index in [4.69, 9.17) is 0 Å². The molecule has 0 atom stereocenters. The molecule has 0 spiro atoms. The van der Waals surface area contributed by atoms with Crippen LogP contribution in [0.3, 0.4) is 0 Å². The third-order valence-corrected chi connectivity index (χ3v) is 5.02. The Balaban J connectivity index is 2.11. The summed E-state index contributed by atoms with van der Waals surface area (Å²) in [4.78, 5) is 7.69. The minimum Gasteiger partial charge on any atom is -0.344 e. The molecule has 0 saturated carbocycles. The molecule has 1 heterocycles. The molecule has 0 radical (unpaired) electrons. The average molecular weight is 252 g/mol. The molecular weight excluding hydrogens is 239 g/mol. The molecule has 0 saturated heterocycles. The van der Waals surface area contributed by atoms with Crippen LogP contribution in [0.1, 0.15) is 0 Å². The molecule has 2 aromatic carbocycles. The second-order valence-electron chi connectivity index (χ2n) is 3.92. The number of aromatic amines is 1. The van der Waals surface area contributed by atoms with E-state index >= 15 is 0 Å². The molecule has 0 fully saturated rings. The predicted molar refractivity (Wildman–Crippen MR) is 77.3 cm³/mol. The molecule has 0 aliphatic carbocycles. The maximum atomic E-state index is 4.44. The molecule has 0 aliphatic heterocycles. The fourth-order valence-corrected chi connectivity index (χ4v) is 4.04. The van der Waals surface area contributed by atoms with Crippen molar-refractivity contribution in [1.29, 1.82) is 0 Å². The number of nitrogens with zero attached hydrogens (tertiary/aromatic N) is 1. The molecule has 1 N–H and O–H groups in total. The maximum absolute atomic E-state index is 4.44. The minimum atomic E-state index is -0.576. The van der Waals surface area contributed by atoms with Crippen LogP contribution in [-0.2, 0) is 0 Å². The van der Waals surface area contributed by atoms with Crippen molar-refractivity contribution in [1.82, 2.24) is 9.97 Å². The molecule has 0 bridgehead atoms. The van der Waals surface area contributed by atoms with Crippen molar-refractivity contribution in [3.8, 4) is 0 Å². The summed E-state index contributed by atoms with van der Waals surface area (Å²) in [5.41, 5.74) is 1.04. The Morgan fingerprint density at radius 2 is 1.33 bits per heavy atom. The number of H-pyrrole nitrogens is 1. The number of hydrogen-bond donors (Lipinski definition) is 1. The molecule has 0 unspecified atom stereocenters. The highest BCUT2D eigenvalue weighted by molar-refractivity contribution is 7.79.